The maximum atomic E-state index is 11.8. The van der Waals surface area contributed by atoms with E-state index in [1.54, 1.807) is 6.92 Å². The third kappa shape index (κ3) is 2.11. The number of likely N-dealkylation sites (tertiary alicyclic amines) is 1. The van der Waals surface area contributed by atoms with Crippen molar-refractivity contribution in [2.45, 2.75) is 50.8 Å². The van der Waals surface area contributed by atoms with Gasteiger partial charge in [-0.15, -0.1) is 0 Å². The van der Waals surface area contributed by atoms with Crippen molar-refractivity contribution in [2.75, 3.05) is 13.2 Å². The smallest absolute Gasteiger partial charge is 0.223 e. The van der Waals surface area contributed by atoms with Crippen LogP contribution in [0, 0.1) is 5.92 Å². The second kappa shape index (κ2) is 4.53. The number of nitrogens with zero attached hydrogens (tertiary/aromatic N) is 1. The Kier molecular flexibility index (Phi) is 3.01. The normalized spacial score (nSPS) is 35.2. The molecule has 3 aliphatic rings. The molecule has 18 heavy (non-hydrogen) atoms. The summed E-state index contributed by atoms with van der Waals surface area (Å²) in [6.45, 7) is 2.93. The van der Waals surface area contributed by atoms with Gasteiger partial charge in [0.2, 0.25) is 11.8 Å². The van der Waals surface area contributed by atoms with Crippen molar-refractivity contribution in [1.29, 1.82) is 0 Å². The zero-order valence-electron chi connectivity index (χ0n) is 10.7. The first kappa shape index (κ1) is 12.0. The Bertz CT molecular complexity index is 367. The highest BCUT2D eigenvalue weighted by Crippen LogP contribution is 2.32. The molecule has 1 N–H and O–H groups in total. The SMILES string of the molecule is CC(=O)N1C[C@@H](NC(=O)C2CC2)[C@H]2OCCC[C@H]21. The van der Waals surface area contributed by atoms with Crippen molar-refractivity contribution in [3.63, 3.8) is 0 Å². The molecule has 1 aliphatic carbocycles. The average molecular weight is 252 g/mol. The molecule has 3 rings (SSSR count). The van der Waals surface area contributed by atoms with E-state index < -0.39 is 0 Å². The number of amides is 2. The molecule has 0 aromatic heterocycles. The standard InChI is InChI=1S/C13H20N2O3/c1-8(16)15-7-10(14-13(17)9-4-5-9)12-11(15)3-2-6-18-12/h9-12H,2-7H2,1H3,(H,14,17)/t10-,11-,12-/m1/s1. The zero-order valence-corrected chi connectivity index (χ0v) is 10.7. The number of fused-ring (bicyclic) bond motifs is 1. The van der Waals surface area contributed by atoms with Gasteiger partial charge in [0.25, 0.3) is 0 Å². The fraction of sp³-hybridized carbons (Fsp3) is 0.846. The van der Waals surface area contributed by atoms with Gasteiger partial charge in [-0.3, -0.25) is 9.59 Å². The molecule has 5 heteroatoms. The summed E-state index contributed by atoms with van der Waals surface area (Å²) >= 11 is 0. The van der Waals surface area contributed by atoms with Gasteiger partial charge in [-0.05, 0) is 25.7 Å². The molecule has 3 atom stereocenters. The molecule has 0 aromatic carbocycles. The van der Waals surface area contributed by atoms with Crippen molar-refractivity contribution in [1.82, 2.24) is 10.2 Å². The Morgan fingerprint density at radius 3 is 2.72 bits per heavy atom. The van der Waals surface area contributed by atoms with Crippen LogP contribution in [0.3, 0.4) is 0 Å². The fourth-order valence-corrected chi connectivity index (χ4v) is 3.09. The van der Waals surface area contributed by atoms with Gasteiger partial charge >= 0.3 is 0 Å². The van der Waals surface area contributed by atoms with E-state index in [1.165, 1.54) is 0 Å². The van der Waals surface area contributed by atoms with Gasteiger partial charge < -0.3 is 15.0 Å². The van der Waals surface area contributed by atoms with Gasteiger partial charge in [-0.1, -0.05) is 0 Å². The third-order valence-corrected chi connectivity index (χ3v) is 4.20. The molecule has 3 fully saturated rings. The molecule has 0 unspecified atom stereocenters. The van der Waals surface area contributed by atoms with Crippen LogP contribution in [-0.4, -0.2) is 48.1 Å². The summed E-state index contributed by atoms with van der Waals surface area (Å²) in [5.41, 5.74) is 0. The van der Waals surface area contributed by atoms with E-state index in [0.717, 1.165) is 32.3 Å². The minimum atomic E-state index is -0.0210. The highest BCUT2D eigenvalue weighted by molar-refractivity contribution is 5.81. The first-order valence-electron chi connectivity index (χ1n) is 6.86. The van der Waals surface area contributed by atoms with Gasteiger partial charge in [0.15, 0.2) is 0 Å². The molecule has 0 radical (unpaired) electrons. The van der Waals surface area contributed by atoms with E-state index in [2.05, 4.69) is 5.32 Å². The van der Waals surface area contributed by atoms with Gasteiger partial charge in [0, 0.05) is 26.0 Å². The van der Waals surface area contributed by atoms with Crippen LogP contribution in [0.4, 0.5) is 0 Å². The van der Waals surface area contributed by atoms with Gasteiger partial charge in [0.05, 0.1) is 18.2 Å². The molecule has 0 bridgehead atoms. The van der Waals surface area contributed by atoms with E-state index in [4.69, 9.17) is 4.74 Å². The maximum absolute atomic E-state index is 11.8. The number of carbonyl (C=O) groups is 2. The summed E-state index contributed by atoms with van der Waals surface area (Å²) in [6, 6.07) is 0.132. The lowest BCUT2D eigenvalue weighted by molar-refractivity contribution is -0.132. The van der Waals surface area contributed by atoms with Crippen molar-refractivity contribution >= 4 is 11.8 Å². The van der Waals surface area contributed by atoms with Crippen LogP contribution >= 0.6 is 0 Å². The quantitative estimate of drug-likeness (QED) is 0.768. The van der Waals surface area contributed by atoms with Crippen LogP contribution in [0.1, 0.15) is 32.6 Å². The lowest BCUT2D eigenvalue weighted by Gasteiger charge is -2.31. The van der Waals surface area contributed by atoms with Crippen molar-refractivity contribution in [3.8, 4) is 0 Å². The highest BCUT2D eigenvalue weighted by Gasteiger charge is 2.46. The van der Waals surface area contributed by atoms with E-state index in [-0.39, 0.29) is 35.9 Å². The van der Waals surface area contributed by atoms with Crippen LogP contribution < -0.4 is 5.32 Å². The van der Waals surface area contributed by atoms with Crippen molar-refractivity contribution in [3.05, 3.63) is 0 Å². The maximum Gasteiger partial charge on any atom is 0.223 e. The van der Waals surface area contributed by atoms with Crippen LogP contribution in [0.15, 0.2) is 0 Å². The second-order valence-electron chi connectivity index (χ2n) is 5.61. The molecule has 0 spiro atoms. The van der Waals surface area contributed by atoms with Gasteiger partial charge in [-0.25, -0.2) is 0 Å². The van der Waals surface area contributed by atoms with E-state index in [0.29, 0.717) is 6.54 Å². The van der Waals surface area contributed by atoms with E-state index in [9.17, 15) is 9.59 Å². The van der Waals surface area contributed by atoms with Gasteiger partial charge in [-0.2, -0.15) is 0 Å². The predicted molar refractivity (Wildman–Crippen MR) is 64.8 cm³/mol. The lowest BCUT2D eigenvalue weighted by Crippen LogP contribution is -2.48. The largest absolute Gasteiger partial charge is 0.374 e. The van der Waals surface area contributed by atoms with Crippen LogP contribution in [0.25, 0.3) is 0 Å². The molecule has 1 saturated carbocycles. The Balaban J connectivity index is 1.69. The highest BCUT2D eigenvalue weighted by atomic mass is 16.5. The Morgan fingerprint density at radius 2 is 2.06 bits per heavy atom. The minimum Gasteiger partial charge on any atom is -0.374 e. The summed E-state index contributed by atoms with van der Waals surface area (Å²) in [7, 11) is 0. The molecule has 2 saturated heterocycles. The Labute approximate surface area is 107 Å². The van der Waals surface area contributed by atoms with Crippen LogP contribution in [0.2, 0.25) is 0 Å². The van der Waals surface area contributed by atoms with Crippen LogP contribution in [0.5, 0.6) is 0 Å². The summed E-state index contributed by atoms with van der Waals surface area (Å²) in [4.78, 5) is 25.3. The number of ether oxygens (including phenoxy) is 1. The molecule has 2 heterocycles. The fourth-order valence-electron chi connectivity index (χ4n) is 3.09. The first-order valence-corrected chi connectivity index (χ1v) is 6.86. The van der Waals surface area contributed by atoms with E-state index in [1.807, 2.05) is 4.90 Å². The van der Waals surface area contributed by atoms with E-state index >= 15 is 0 Å². The summed E-state index contributed by atoms with van der Waals surface area (Å²) in [6.07, 6.45) is 3.98. The molecule has 5 nitrogen and oxygen atoms in total. The predicted octanol–water partition coefficient (Wildman–Crippen LogP) is 0.291. The monoisotopic (exact) mass is 252 g/mol. The molecule has 100 valence electrons. The molecule has 0 aromatic rings. The summed E-state index contributed by atoms with van der Waals surface area (Å²) in [5.74, 6) is 0.426. The van der Waals surface area contributed by atoms with Gasteiger partial charge in [0.1, 0.15) is 0 Å². The number of carbonyl (C=O) groups excluding carboxylic acids is 2. The summed E-state index contributed by atoms with van der Waals surface area (Å²) in [5, 5.41) is 3.07. The zero-order chi connectivity index (χ0) is 12.7. The topological polar surface area (TPSA) is 58.6 Å². The second-order valence-corrected chi connectivity index (χ2v) is 5.61. The van der Waals surface area contributed by atoms with Crippen molar-refractivity contribution in [2.24, 2.45) is 5.92 Å². The number of hydrogen-bond donors (Lipinski definition) is 1. The van der Waals surface area contributed by atoms with Crippen LogP contribution in [-0.2, 0) is 14.3 Å². The molecule has 2 aliphatic heterocycles. The number of nitrogens with one attached hydrogen (secondary N) is 1. The Morgan fingerprint density at radius 1 is 1.28 bits per heavy atom. The lowest BCUT2D eigenvalue weighted by atomic mass is 10.0. The van der Waals surface area contributed by atoms with Crippen molar-refractivity contribution < 1.29 is 14.3 Å². The number of hydrogen-bond acceptors (Lipinski definition) is 3. The third-order valence-electron chi connectivity index (χ3n) is 4.20. The molecule has 2 amide bonds. The molecular weight excluding hydrogens is 232 g/mol. The molecular formula is C13H20N2O3. The Hall–Kier alpha value is -1.10. The minimum absolute atomic E-state index is 0.00894. The average Bonchev–Trinajstić information content (AvgIpc) is 3.13. The summed E-state index contributed by atoms with van der Waals surface area (Å²) < 4.78 is 5.79. The number of rotatable bonds is 2. The first-order chi connectivity index (χ1) is 8.66.